The lowest BCUT2D eigenvalue weighted by Gasteiger charge is -2.32. The fraction of sp³-hybridized carbons (Fsp3) is 0.882. The van der Waals surface area contributed by atoms with E-state index in [0.717, 1.165) is 51.5 Å². The summed E-state index contributed by atoms with van der Waals surface area (Å²) in [6, 6.07) is 0.897. The van der Waals surface area contributed by atoms with Crippen LogP contribution in [-0.4, -0.2) is 80.3 Å². The van der Waals surface area contributed by atoms with Gasteiger partial charge in [0.05, 0.1) is 6.61 Å². The number of nitrogens with one attached hydrogen (secondary N) is 2. The molecule has 1 amide bonds. The Morgan fingerprint density at radius 1 is 1.32 bits per heavy atom. The van der Waals surface area contributed by atoms with Crippen molar-refractivity contribution in [3.05, 3.63) is 0 Å². The third kappa shape index (κ3) is 8.94. The smallest absolute Gasteiger partial charge is 0.409 e. The van der Waals surface area contributed by atoms with Crippen LogP contribution in [0.1, 0.15) is 40.5 Å². The number of nitrogens with zero attached hydrogens (tertiary/aromatic N) is 3. The molecule has 0 atom stereocenters. The Balaban J connectivity index is 0.00000576. The van der Waals surface area contributed by atoms with Crippen molar-refractivity contribution in [3.8, 4) is 0 Å². The number of aliphatic imine (C=N–C) groups is 1. The molecule has 0 unspecified atom stereocenters. The van der Waals surface area contributed by atoms with Gasteiger partial charge < -0.3 is 20.3 Å². The summed E-state index contributed by atoms with van der Waals surface area (Å²) in [6.45, 7) is 13.3. The first kappa shape index (κ1) is 24.2. The molecule has 7 nitrogen and oxygen atoms in total. The molecule has 0 aromatic rings. The number of halogens is 1. The van der Waals surface area contributed by atoms with Crippen LogP contribution in [0, 0.1) is 0 Å². The van der Waals surface area contributed by atoms with Gasteiger partial charge in [0.1, 0.15) is 0 Å². The van der Waals surface area contributed by atoms with Gasteiger partial charge in [0.15, 0.2) is 5.96 Å². The molecule has 0 aromatic heterocycles. The van der Waals surface area contributed by atoms with Gasteiger partial charge in [-0.15, -0.1) is 24.0 Å². The van der Waals surface area contributed by atoms with Gasteiger partial charge in [0.2, 0.25) is 0 Å². The van der Waals surface area contributed by atoms with E-state index in [2.05, 4.69) is 41.3 Å². The molecule has 1 saturated heterocycles. The van der Waals surface area contributed by atoms with Gasteiger partial charge in [-0.25, -0.2) is 4.79 Å². The van der Waals surface area contributed by atoms with Gasteiger partial charge in [-0.2, -0.15) is 0 Å². The molecule has 0 aliphatic carbocycles. The Bertz CT molecular complexity index is 398. The molecule has 8 heteroatoms. The van der Waals surface area contributed by atoms with Crippen LogP contribution in [0.15, 0.2) is 4.99 Å². The van der Waals surface area contributed by atoms with Crippen molar-refractivity contribution in [2.75, 3.05) is 46.4 Å². The van der Waals surface area contributed by atoms with E-state index in [1.807, 2.05) is 6.92 Å². The SMILES string of the molecule is CCOC(=O)N1CCC(NC(=NC)NCCN(CC)C(C)C)CC1.I. The van der Waals surface area contributed by atoms with Crippen molar-refractivity contribution in [1.82, 2.24) is 20.4 Å². The predicted octanol–water partition coefficient (Wildman–Crippen LogP) is 2.12. The van der Waals surface area contributed by atoms with E-state index in [0.29, 0.717) is 18.7 Å². The van der Waals surface area contributed by atoms with Crippen LogP contribution in [0.5, 0.6) is 0 Å². The Morgan fingerprint density at radius 3 is 2.44 bits per heavy atom. The second-order valence-corrected chi connectivity index (χ2v) is 6.33. The minimum absolute atomic E-state index is 0. The number of guanidine groups is 1. The number of amides is 1. The molecule has 0 radical (unpaired) electrons. The number of rotatable bonds is 7. The van der Waals surface area contributed by atoms with E-state index < -0.39 is 0 Å². The third-order valence-electron chi connectivity index (χ3n) is 4.41. The fourth-order valence-electron chi connectivity index (χ4n) is 2.91. The molecule has 25 heavy (non-hydrogen) atoms. The molecule has 0 saturated carbocycles. The van der Waals surface area contributed by atoms with Crippen LogP contribution in [0.3, 0.4) is 0 Å². The fourth-order valence-corrected chi connectivity index (χ4v) is 2.91. The van der Waals surface area contributed by atoms with Crippen LogP contribution in [0.25, 0.3) is 0 Å². The molecular weight excluding hydrogens is 433 g/mol. The van der Waals surface area contributed by atoms with E-state index in [9.17, 15) is 4.79 Å². The average Bonchev–Trinajstić information content (AvgIpc) is 2.58. The van der Waals surface area contributed by atoms with Crippen LogP contribution >= 0.6 is 24.0 Å². The van der Waals surface area contributed by atoms with Gasteiger partial charge >= 0.3 is 6.09 Å². The highest BCUT2D eigenvalue weighted by Crippen LogP contribution is 2.11. The maximum Gasteiger partial charge on any atom is 0.409 e. The number of carbonyl (C=O) groups excluding carboxylic acids is 1. The maximum absolute atomic E-state index is 11.7. The molecule has 148 valence electrons. The summed E-state index contributed by atoms with van der Waals surface area (Å²) in [7, 11) is 1.79. The molecule has 0 spiro atoms. The van der Waals surface area contributed by atoms with Crippen LogP contribution < -0.4 is 10.6 Å². The first-order valence-corrected chi connectivity index (χ1v) is 9.14. The minimum Gasteiger partial charge on any atom is -0.450 e. The van der Waals surface area contributed by atoms with Crippen molar-refractivity contribution in [2.45, 2.75) is 52.6 Å². The van der Waals surface area contributed by atoms with Gasteiger partial charge in [0, 0.05) is 45.3 Å². The monoisotopic (exact) mass is 469 g/mol. The van der Waals surface area contributed by atoms with Crippen molar-refractivity contribution in [2.24, 2.45) is 4.99 Å². The number of carbonyl (C=O) groups is 1. The number of likely N-dealkylation sites (N-methyl/N-ethyl adjacent to an activating group) is 1. The Kier molecular flexibility index (Phi) is 13.0. The Morgan fingerprint density at radius 2 is 1.96 bits per heavy atom. The third-order valence-corrected chi connectivity index (χ3v) is 4.41. The summed E-state index contributed by atoms with van der Waals surface area (Å²) in [5.74, 6) is 0.837. The van der Waals surface area contributed by atoms with Gasteiger partial charge in [-0.3, -0.25) is 9.89 Å². The highest BCUT2D eigenvalue weighted by molar-refractivity contribution is 14.0. The maximum atomic E-state index is 11.7. The lowest BCUT2D eigenvalue weighted by atomic mass is 10.1. The summed E-state index contributed by atoms with van der Waals surface area (Å²) < 4.78 is 5.05. The zero-order chi connectivity index (χ0) is 17.9. The lowest BCUT2D eigenvalue weighted by Crippen LogP contribution is -2.50. The topological polar surface area (TPSA) is 69.2 Å². The van der Waals surface area contributed by atoms with Gasteiger partial charge in [0.25, 0.3) is 0 Å². The number of hydrogen-bond donors (Lipinski definition) is 2. The van der Waals surface area contributed by atoms with Gasteiger partial charge in [-0.05, 0) is 40.2 Å². The minimum atomic E-state index is -0.202. The zero-order valence-corrected chi connectivity index (χ0v) is 18.7. The van der Waals surface area contributed by atoms with Crippen LogP contribution in [-0.2, 0) is 4.74 Å². The summed E-state index contributed by atoms with van der Waals surface area (Å²) in [5.41, 5.74) is 0. The van der Waals surface area contributed by atoms with Crippen molar-refractivity contribution in [3.63, 3.8) is 0 Å². The molecule has 1 aliphatic rings. The molecule has 1 aliphatic heterocycles. The first-order valence-electron chi connectivity index (χ1n) is 9.14. The summed E-state index contributed by atoms with van der Waals surface area (Å²) in [4.78, 5) is 20.2. The summed E-state index contributed by atoms with van der Waals surface area (Å²) in [5, 5.41) is 6.84. The van der Waals surface area contributed by atoms with E-state index >= 15 is 0 Å². The predicted molar refractivity (Wildman–Crippen MR) is 114 cm³/mol. The average molecular weight is 469 g/mol. The Labute approximate surface area is 170 Å². The molecule has 1 rings (SSSR count). The quantitative estimate of drug-likeness (QED) is 0.340. The number of likely N-dealkylation sites (tertiary alicyclic amines) is 1. The molecule has 1 fully saturated rings. The summed E-state index contributed by atoms with van der Waals surface area (Å²) >= 11 is 0. The van der Waals surface area contributed by atoms with Crippen LogP contribution in [0.4, 0.5) is 4.79 Å². The lowest BCUT2D eigenvalue weighted by molar-refractivity contribution is 0.0963. The van der Waals surface area contributed by atoms with Gasteiger partial charge in [-0.1, -0.05) is 6.92 Å². The molecule has 1 heterocycles. The molecule has 0 bridgehead atoms. The Hall–Kier alpha value is -0.770. The van der Waals surface area contributed by atoms with E-state index in [1.165, 1.54) is 0 Å². The number of piperidine rings is 1. The largest absolute Gasteiger partial charge is 0.450 e. The summed E-state index contributed by atoms with van der Waals surface area (Å²) in [6.07, 6.45) is 1.62. The normalized spacial score (nSPS) is 16.0. The van der Waals surface area contributed by atoms with Crippen LogP contribution in [0.2, 0.25) is 0 Å². The second-order valence-electron chi connectivity index (χ2n) is 6.33. The molecule has 2 N–H and O–H groups in total. The standard InChI is InChI=1S/C17H35N5O2.HI/c1-6-21(14(3)4)13-10-19-16(18-5)20-15-8-11-22(12-9-15)17(23)24-7-2;/h14-15H,6-13H2,1-5H3,(H2,18,19,20);1H. The molecular formula is C17H36IN5O2. The highest BCUT2D eigenvalue weighted by Gasteiger charge is 2.24. The van der Waals surface area contributed by atoms with E-state index in [4.69, 9.17) is 4.74 Å². The number of ether oxygens (including phenoxy) is 1. The zero-order valence-electron chi connectivity index (χ0n) is 16.4. The highest BCUT2D eigenvalue weighted by atomic mass is 127. The van der Waals surface area contributed by atoms with E-state index in [-0.39, 0.29) is 30.1 Å². The first-order chi connectivity index (χ1) is 11.5. The van der Waals surface area contributed by atoms with E-state index in [1.54, 1.807) is 11.9 Å². The second kappa shape index (κ2) is 13.4. The van der Waals surface area contributed by atoms with Crippen molar-refractivity contribution < 1.29 is 9.53 Å². The molecule has 0 aromatic carbocycles. The van der Waals surface area contributed by atoms with Crippen molar-refractivity contribution in [1.29, 1.82) is 0 Å². The van der Waals surface area contributed by atoms with Crippen molar-refractivity contribution >= 4 is 36.0 Å². The number of hydrogen-bond acceptors (Lipinski definition) is 4.